The Hall–Kier alpha value is -2.00. The standard InChI is InChI=1S/C21H35NO7Si/c1-10-26-19(24)16-17-13(12-22-16)14(27-21(5,6)28-17)11-15(18(23)25-7)29-30(8,9)20(2,3)4/h11,13-14,22H,10,12H2,1-9H3/b15-11+/t13-,14-/m1/s1. The van der Waals surface area contributed by atoms with Crippen LogP contribution in [0.1, 0.15) is 41.5 Å². The van der Waals surface area contributed by atoms with E-state index in [2.05, 4.69) is 39.2 Å². The molecule has 1 fully saturated rings. The number of ether oxygens (including phenoxy) is 4. The Bertz CT molecular complexity index is 749. The third kappa shape index (κ3) is 5.18. The first-order valence-corrected chi connectivity index (χ1v) is 13.1. The zero-order valence-electron chi connectivity index (χ0n) is 19.5. The van der Waals surface area contributed by atoms with Crippen LogP contribution >= 0.6 is 0 Å². The van der Waals surface area contributed by atoms with Crippen LogP contribution in [0, 0.1) is 5.92 Å². The van der Waals surface area contributed by atoms with Gasteiger partial charge in [-0.05, 0) is 31.1 Å². The minimum atomic E-state index is -2.30. The normalized spacial score (nSPS) is 23.8. The minimum Gasteiger partial charge on any atom is -0.539 e. The molecule has 8 nitrogen and oxygen atoms in total. The fourth-order valence-electron chi connectivity index (χ4n) is 3.02. The maximum Gasteiger partial charge on any atom is 0.371 e. The maximum absolute atomic E-state index is 12.5. The molecule has 0 amide bonds. The molecule has 170 valence electrons. The van der Waals surface area contributed by atoms with Gasteiger partial charge >= 0.3 is 11.9 Å². The first kappa shape index (κ1) is 24.3. The van der Waals surface area contributed by atoms with Crippen molar-refractivity contribution < 1.29 is 33.0 Å². The van der Waals surface area contributed by atoms with E-state index in [0.29, 0.717) is 18.0 Å². The largest absolute Gasteiger partial charge is 0.539 e. The summed E-state index contributed by atoms with van der Waals surface area (Å²) in [5, 5.41) is 2.96. The average Bonchev–Trinajstić information content (AvgIpc) is 3.02. The van der Waals surface area contributed by atoms with Crippen LogP contribution in [0.2, 0.25) is 18.1 Å². The highest BCUT2D eigenvalue weighted by Crippen LogP contribution is 2.41. The summed E-state index contributed by atoms with van der Waals surface area (Å²) in [7, 11) is -0.980. The lowest BCUT2D eigenvalue weighted by Gasteiger charge is -2.41. The van der Waals surface area contributed by atoms with E-state index in [-0.39, 0.29) is 23.3 Å². The Balaban J connectivity index is 2.44. The molecule has 1 saturated heterocycles. The van der Waals surface area contributed by atoms with E-state index in [4.69, 9.17) is 23.4 Å². The summed E-state index contributed by atoms with van der Waals surface area (Å²) >= 11 is 0. The number of carbonyl (C=O) groups excluding carboxylic acids is 2. The predicted molar refractivity (Wildman–Crippen MR) is 114 cm³/mol. The molecule has 2 atom stereocenters. The molecule has 0 aromatic heterocycles. The van der Waals surface area contributed by atoms with E-state index in [0.717, 1.165) is 0 Å². The van der Waals surface area contributed by atoms with Crippen molar-refractivity contribution >= 4 is 20.3 Å². The molecule has 0 aromatic rings. The SMILES string of the molecule is CCOC(=O)C1=C2OC(C)(C)O[C@H](/C=C(/O[Si](C)(C)C(C)(C)C)C(=O)OC)[C@H]2CN1. The van der Waals surface area contributed by atoms with E-state index >= 15 is 0 Å². The van der Waals surface area contributed by atoms with Gasteiger partial charge in [0, 0.05) is 20.4 Å². The van der Waals surface area contributed by atoms with Crippen molar-refractivity contribution in [3.8, 4) is 0 Å². The minimum absolute atomic E-state index is 0.104. The van der Waals surface area contributed by atoms with Crippen molar-refractivity contribution in [2.24, 2.45) is 5.92 Å². The highest BCUT2D eigenvalue weighted by atomic mass is 28.4. The van der Waals surface area contributed by atoms with Crippen LogP contribution in [0.4, 0.5) is 0 Å². The summed E-state index contributed by atoms with van der Waals surface area (Å²) in [6.07, 6.45) is 1.10. The van der Waals surface area contributed by atoms with Crippen molar-refractivity contribution in [3.05, 3.63) is 23.3 Å². The summed E-state index contributed by atoms with van der Waals surface area (Å²) in [5.41, 5.74) is 0.293. The van der Waals surface area contributed by atoms with E-state index in [1.54, 1.807) is 26.8 Å². The zero-order valence-corrected chi connectivity index (χ0v) is 20.5. The van der Waals surface area contributed by atoms with Gasteiger partial charge in [0.15, 0.2) is 11.5 Å². The van der Waals surface area contributed by atoms with Gasteiger partial charge in [-0.15, -0.1) is 0 Å². The number of hydrogen-bond donors (Lipinski definition) is 1. The molecular weight excluding hydrogens is 406 g/mol. The van der Waals surface area contributed by atoms with Gasteiger partial charge in [0.1, 0.15) is 5.76 Å². The molecular formula is C21H35NO7Si. The van der Waals surface area contributed by atoms with Gasteiger partial charge in [0.2, 0.25) is 5.79 Å². The second kappa shape index (κ2) is 8.62. The zero-order chi connectivity index (χ0) is 22.9. The van der Waals surface area contributed by atoms with Gasteiger partial charge in [-0.3, -0.25) is 0 Å². The summed E-state index contributed by atoms with van der Waals surface area (Å²) < 4.78 is 28.4. The highest BCUT2D eigenvalue weighted by molar-refractivity contribution is 6.74. The van der Waals surface area contributed by atoms with Gasteiger partial charge in [-0.25, -0.2) is 9.59 Å². The molecule has 2 aliphatic heterocycles. The molecule has 1 N–H and O–H groups in total. The Morgan fingerprint density at radius 1 is 1.30 bits per heavy atom. The van der Waals surface area contributed by atoms with Gasteiger partial charge < -0.3 is 28.7 Å². The third-order valence-corrected chi connectivity index (χ3v) is 9.95. The molecule has 2 aliphatic rings. The summed E-state index contributed by atoms with van der Waals surface area (Å²) in [6, 6.07) is 0. The molecule has 0 aliphatic carbocycles. The Kier molecular flexibility index (Phi) is 6.98. The van der Waals surface area contributed by atoms with E-state index in [1.165, 1.54) is 7.11 Å². The van der Waals surface area contributed by atoms with E-state index < -0.39 is 32.1 Å². The third-order valence-electron chi connectivity index (χ3n) is 5.61. The summed E-state index contributed by atoms with van der Waals surface area (Å²) in [4.78, 5) is 24.8. The molecule has 2 heterocycles. The van der Waals surface area contributed by atoms with E-state index in [1.807, 2.05) is 0 Å². The van der Waals surface area contributed by atoms with Crippen LogP contribution in [-0.4, -0.2) is 52.4 Å². The second-order valence-electron chi connectivity index (χ2n) is 9.42. The Labute approximate surface area is 180 Å². The molecule has 0 bridgehead atoms. The van der Waals surface area contributed by atoms with Crippen molar-refractivity contribution in [2.75, 3.05) is 20.3 Å². The monoisotopic (exact) mass is 441 g/mol. The van der Waals surface area contributed by atoms with Gasteiger partial charge in [-0.1, -0.05) is 20.8 Å². The number of fused-ring (bicyclic) bond motifs is 1. The Morgan fingerprint density at radius 3 is 2.47 bits per heavy atom. The van der Waals surface area contributed by atoms with Crippen molar-refractivity contribution in [1.82, 2.24) is 5.32 Å². The molecule has 0 aromatic carbocycles. The molecule has 2 rings (SSSR count). The van der Waals surface area contributed by atoms with Crippen molar-refractivity contribution in [1.29, 1.82) is 0 Å². The summed E-state index contributed by atoms with van der Waals surface area (Å²) in [5.74, 6) is -1.75. The van der Waals surface area contributed by atoms with Crippen LogP contribution in [-0.2, 0) is 33.0 Å². The van der Waals surface area contributed by atoms with Crippen molar-refractivity contribution in [2.45, 2.75) is 71.6 Å². The van der Waals surface area contributed by atoms with Crippen molar-refractivity contribution in [3.63, 3.8) is 0 Å². The van der Waals surface area contributed by atoms with Crippen LogP contribution < -0.4 is 5.32 Å². The molecule has 9 heteroatoms. The van der Waals surface area contributed by atoms with E-state index in [9.17, 15) is 9.59 Å². The molecule has 30 heavy (non-hydrogen) atoms. The Morgan fingerprint density at radius 2 is 1.93 bits per heavy atom. The van der Waals surface area contributed by atoms with Gasteiger partial charge in [-0.2, -0.15) is 0 Å². The second-order valence-corrected chi connectivity index (χ2v) is 14.1. The quantitative estimate of drug-likeness (QED) is 0.291. The topological polar surface area (TPSA) is 92.3 Å². The summed E-state index contributed by atoms with van der Waals surface area (Å²) in [6.45, 7) is 16.3. The number of nitrogens with one attached hydrogen (secondary N) is 1. The van der Waals surface area contributed by atoms with Crippen LogP contribution in [0.15, 0.2) is 23.3 Å². The first-order chi connectivity index (χ1) is 13.7. The highest BCUT2D eigenvalue weighted by Gasteiger charge is 2.47. The lowest BCUT2D eigenvalue weighted by Crippen LogP contribution is -2.45. The van der Waals surface area contributed by atoms with Crippen LogP contribution in [0.3, 0.4) is 0 Å². The molecule has 0 radical (unpaired) electrons. The van der Waals surface area contributed by atoms with Crippen LogP contribution in [0.5, 0.6) is 0 Å². The lowest BCUT2D eigenvalue weighted by atomic mass is 9.98. The number of methoxy groups -OCH3 is 1. The smallest absolute Gasteiger partial charge is 0.371 e. The average molecular weight is 442 g/mol. The number of rotatable bonds is 6. The maximum atomic E-state index is 12.5. The van der Waals surface area contributed by atoms with Gasteiger partial charge in [0.25, 0.3) is 8.32 Å². The number of hydrogen-bond acceptors (Lipinski definition) is 8. The van der Waals surface area contributed by atoms with Gasteiger partial charge in [0.05, 0.1) is 25.7 Å². The fourth-order valence-corrected chi connectivity index (χ4v) is 4.02. The predicted octanol–water partition coefficient (Wildman–Crippen LogP) is 3.21. The first-order valence-electron chi connectivity index (χ1n) is 10.2. The fraction of sp³-hybridized carbons (Fsp3) is 0.714. The molecule has 0 spiro atoms. The molecule has 0 saturated carbocycles. The van der Waals surface area contributed by atoms with Crippen LogP contribution in [0.25, 0.3) is 0 Å². The molecule has 0 unspecified atom stereocenters. The lowest BCUT2D eigenvalue weighted by molar-refractivity contribution is -0.250. The number of carbonyl (C=O) groups is 2. The number of esters is 2.